The number of phosphoric acid groups is 1. The van der Waals surface area contributed by atoms with E-state index in [1.165, 1.54) is 257 Å². The molecule has 10 heteroatoms. The van der Waals surface area contributed by atoms with Crippen LogP contribution in [0.15, 0.2) is 85.1 Å². The predicted octanol–water partition coefficient (Wildman–Crippen LogP) is 25.3. The summed E-state index contributed by atoms with van der Waals surface area (Å²) in [6.07, 6.45) is 97.1. The van der Waals surface area contributed by atoms with Gasteiger partial charge in [0.1, 0.15) is 19.8 Å². The first-order valence-corrected chi connectivity index (χ1v) is 39.8. The molecule has 0 saturated carbocycles. The first kappa shape index (κ1) is 87.2. The number of quaternary nitrogens is 1. The summed E-state index contributed by atoms with van der Waals surface area (Å²) in [5.41, 5.74) is 0. The number of esters is 2. The van der Waals surface area contributed by atoms with Crippen LogP contribution in [0.2, 0.25) is 0 Å². The maximum absolute atomic E-state index is 12.9. The van der Waals surface area contributed by atoms with Crippen LogP contribution in [0.25, 0.3) is 0 Å². The second-order valence-corrected chi connectivity index (χ2v) is 28.5. The van der Waals surface area contributed by atoms with Crippen LogP contribution in [-0.4, -0.2) is 74.9 Å². The Hall–Kier alpha value is -2.81. The molecule has 0 aliphatic heterocycles. The summed E-state index contributed by atoms with van der Waals surface area (Å²) in [5, 5.41) is 0. The van der Waals surface area contributed by atoms with Crippen molar-refractivity contribution in [2.24, 2.45) is 0 Å². The number of hydrogen-bond acceptors (Lipinski definition) is 7. The Morgan fingerprint density at radius 3 is 0.956 bits per heavy atom. The molecule has 0 aromatic heterocycles. The van der Waals surface area contributed by atoms with Crippen molar-refractivity contribution in [2.75, 3.05) is 47.5 Å². The van der Waals surface area contributed by atoms with Crippen LogP contribution in [0.3, 0.4) is 0 Å². The van der Waals surface area contributed by atoms with Gasteiger partial charge in [-0.15, -0.1) is 0 Å². The smallest absolute Gasteiger partial charge is 0.462 e. The lowest BCUT2D eigenvalue weighted by atomic mass is 10.0. The number of nitrogens with zero attached hydrogens (tertiary/aromatic N) is 1. The zero-order valence-electron chi connectivity index (χ0n) is 59.9. The summed E-state index contributed by atoms with van der Waals surface area (Å²) in [6.45, 7) is 4.37. The van der Waals surface area contributed by atoms with Crippen LogP contribution in [-0.2, 0) is 32.7 Å². The summed E-state index contributed by atoms with van der Waals surface area (Å²) in [4.78, 5) is 35.9. The number of rotatable bonds is 71. The molecule has 0 rings (SSSR count). The van der Waals surface area contributed by atoms with E-state index in [-0.39, 0.29) is 25.6 Å². The van der Waals surface area contributed by atoms with Crippen LogP contribution in [0, 0.1) is 0 Å². The normalized spacial score (nSPS) is 13.5. The summed E-state index contributed by atoms with van der Waals surface area (Å²) in [7, 11) is 1.49. The van der Waals surface area contributed by atoms with Crippen molar-refractivity contribution in [3.05, 3.63) is 85.1 Å². The zero-order chi connectivity index (χ0) is 65.5. The van der Waals surface area contributed by atoms with E-state index in [9.17, 15) is 19.0 Å². The molecular weight excluding hydrogens is 1130 g/mol. The largest absolute Gasteiger partial charge is 0.472 e. The van der Waals surface area contributed by atoms with E-state index in [2.05, 4.69) is 98.9 Å². The number of likely N-dealkylation sites (N-methyl/N-ethyl adjacent to an activating group) is 1. The van der Waals surface area contributed by atoms with Gasteiger partial charge in [0.25, 0.3) is 0 Å². The van der Waals surface area contributed by atoms with Gasteiger partial charge in [-0.25, -0.2) is 4.57 Å². The molecule has 90 heavy (non-hydrogen) atoms. The molecule has 0 fully saturated rings. The Bertz CT molecular complexity index is 1800. The Morgan fingerprint density at radius 2 is 0.633 bits per heavy atom. The quantitative estimate of drug-likeness (QED) is 0.0211. The van der Waals surface area contributed by atoms with E-state index in [1.54, 1.807) is 0 Å². The Kier molecular flexibility index (Phi) is 68.3. The van der Waals surface area contributed by atoms with E-state index < -0.39 is 26.5 Å². The van der Waals surface area contributed by atoms with Crippen molar-refractivity contribution < 1.29 is 42.1 Å². The molecule has 1 N–H and O–H groups in total. The predicted molar refractivity (Wildman–Crippen MR) is 390 cm³/mol. The standard InChI is InChI=1S/C80H146NO8P/c1-6-8-10-12-14-16-18-20-22-24-26-28-30-32-34-35-36-37-38-39-40-41-42-43-44-45-47-49-51-53-55-57-59-61-63-65-67-69-71-73-80(83)89-78(77-88-90(84,85)87-75-74-81(3,4)5)76-86-79(82)72-70-68-66-64-62-60-58-56-54-52-50-48-46-33-31-29-27-25-23-21-19-17-15-13-11-9-7-2/h8,10,14,16,20,22,25-28,32,34,36-37,78H,6-7,9,11-13,15,17-19,21,23-24,29-31,33,35,38-77H2,1-5H3/p+1/b10-8-,16-14-,22-20-,27-25-,28-26-,34-32-,37-36-. The highest BCUT2D eigenvalue weighted by atomic mass is 31.2. The summed E-state index contributed by atoms with van der Waals surface area (Å²) >= 11 is 0. The molecule has 2 atom stereocenters. The molecule has 0 aliphatic carbocycles. The summed E-state index contributed by atoms with van der Waals surface area (Å²) < 4.78 is 34.8. The van der Waals surface area contributed by atoms with Crippen LogP contribution in [0.1, 0.15) is 361 Å². The Balaban J connectivity index is 3.95. The van der Waals surface area contributed by atoms with Gasteiger partial charge >= 0.3 is 19.8 Å². The highest BCUT2D eigenvalue weighted by Crippen LogP contribution is 2.43. The van der Waals surface area contributed by atoms with Gasteiger partial charge in [0.2, 0.25) is 0 Å². The van der Waals surface area contributed by atoms with Gasteiger partial charge in [-0.2, -0.15) is 0 Å². The number of phosphoric ester groups is 1. The molecular formula is C80H147NO8P+. The van der Waals surface area contributed by atoms with Gasteiger partial charge in [0, 0.05) is 12.8 Å². The third kappa shape index (κ3) is 74.2. The molecule has 0 bridgehead atoms. The van der Waals surface area contributed by atoms with E-state index >= 15 is 0 Å². The minimum Gasteiger partial charge on any atom is -0.462 e. The second-order valence-electron chi connectivity index (χ2n) is 27.0. The lowest BCUT2D eigenvalue weighted by molar-refractivity contribution is -0.870. The monoisotopic (exact) mass is 1280 g/mol. The van der Waals surface area contributed by atoms with Crippen LogP contribution in [0.4, 0.5) is 0 Å². The van der Waals surface area contributed by atoms with Crippen molar-refractivity contribution in [3.63, 3.8) is 0 Å². The molecule has 0 aromatic rings. The number of unbranched alkanes of at least 4 members (excludes halogenated alkanes) is 43. The topological polar surface area (TPSA) is 108 Å². The Labute approximate surface area is 558 Å². The Morgan fingerprint density at radius 1 is 0.356 bits per heavy atom. The van der Waals surface area contributed by atoms with E-state index in [0.717, 1.165) is 70.6 Å². The van der Waals surface area contributed by atoms with Crippen LogP contribution in [0.5, 0.6) is 0 Å². The third-order valence-electron chi connectivity index (χ3n) is 16.9. The lowest BCUT2D eigenvalue weighted by Gasteiger charge is -2.24. The van der Waals surface area contributed by atoms with E-state index in [0.29, 0.717) is 23.9 Å². The van der Waals surface area contributed by atoms with Gasteiger partial charge in [-0.3, -0.25) is 18.6 Å². The molecule has 0 saturated heterocycles. The highest BCUT2D eigenvalue weighted by molar-refractivity contribution is 7.47. The van der Waals surface area contributed by atoms with E-state index in [4.69, 9.17) is 18.5 Å². The number of allylic oxidation sites excluding steroid dienone is 14. The minimum absolute atomic E-state index is 0.0324. The van der Waals surface area contributed by atoms with Gasteiger partial charge in [-0.1, -0.05) is 343 Å². The molecule has 0 aromatic carbocycles. The van der Waals surface area contributed by atoms with Crippen molar-refractivity contribution in [2.45, 2.75) is 367 Å². The lowest BCUT2D eigenvalue weighted by Crippen LogP contribution is -2.37. The first-order chi connectivity index (χ1) is 44.0. The number of ether oxygens (including phenoxy) is 2. The molecule has 524 valence electrons. The highest BCUT2D eigenvalue weighted by Gasteiger charge is 2.27. The fourth-order valence-electron chi connectivity index (χ4n) is 11.1. The van der Waals surface area contributed by atoms with Crippen molar-refractivity contribution >= 4 is 19.8 Å². The number of carbonyl (C=O) groups is 2. The number of carbonyl (C=O) groups excluding carboxylic acids is 2. The molecule has 9 nitrogen and oxygen atoms in total. The summed E-state index contributed by atoms with van der Waals surface area (Å²) in [6, 6.07) is 0. The maximum atomic E-state index is 12.9. The number of hydrogen-bond donors (Lipinski definition) is 1. The first-order valence-electron chi connectivity index (χ1n) is 38.3. The second kappa shape index (κ2) is 70.5. The minimum atomic E-state index is -4.39. The SMILES string of the molecule is CC/C=C\C/C=C\C/C=C\C/C=C\C/C=C\C/C=C\CCCCCCCCCCCCCCCCCCCCCCC(=O)OC(COC(=O)CCCCCCCCCCCCCCCCC/C=C\CCCCCCCCCC)COP(=O)(O)OCC[N+](C)(C)C. The molecule has 0 amide bonds. The third-order valence-corrected chi connectivity index (χ3v) is 17.9. The van der Waals surface area contributed by atoms with Crippen molar-refractivity contribution in [1.29, 1.82) is 0 Å². The van der Waals surface area contributed by atoms with Crippen LogP contribution < -0.4 is 0 Å². The molecule has 2 unspecified atom stereocenters. The fraction of sp³-hybridized carbons (Fsp3) is 0.800. The van der Waals surface area contributed by atoms with E-state index in [1.807, 2.05) is 21.1 Å². The average Bonchev–Trinajstić information content (AvgIpc) is 3.58. The van der Waals surface area contributed by atoms with Crippen LogP contribution >= 0.6 is 7.82 Å². The van der Waals surface area contributed by atoms with Gasteiger partial charge in [0.05, 0.1) is 27.7 Å². The van der Waals surface area contributed by atoms with Crippen molar-refractivity contribution in [1.82, 2.24) is 0 Å². The molecule has 0 heterocycles. The fourth-order valence-corrected chi connectivity index (χ4v) is 11.8. The van der Waals surface area contributed by atoms with Crippen molar-refractivity contribution in [3.8, 4) is 0 Å². The molecule has 0 aliphatic rings. The van der Waals surface area contributed by atoms with Gasteiger partial charge in [-0.05, 0) is 89.9 Å². The molecule has 0 radical (unpaired) electrons. The maximum Gasteiger partial charge on any atom is 0.472 e. The van der Waals surface area contributed by atoms with Gasteiger partial charge in [0.15, 0.2) is 6.10 Å². The molecule has 0 spiro atoms. The summed E-state index contributed by atoms with van der Waals surface area (Å²) in [5.74, 6) is -0.780. The van der Waals surface area contributed by atoms with Gasteiger partial charge < -0.3 is 18.9 Å². The zero-order valence-corrected chi connectivity index (χ0v) is 60.8. The average molecular weight is 1280 g/mol.